The molecule has 4 aliphatic heterocycles. The van der Waals surface area contributed by atoms with E-state index in [1.807, 2.05) is 6.42 Å². The Bertz CT molecular complexity index is 100. The molecule has 4 bridgehead atoms. The molecule has 0 saturated carbocycles. The summed E-state index contributed by atoms with van der Waals surface area (Å²) in [6.07, 6.45) is 4.58. The van der Waals surface area contributed by atoms with Crippen molar-refractivity contribution in [3.8, 4) is 0 Å². The van der Waals surface area contributed by atoms with Crippen molar-refractivity contribution in [2.75, 3.05) is 0 Å². The normalized spacial score (nSPS) is 57.6. The Balaban J connectivity index is 1.90. The first-order valence-corrected chi connectivity index (χ1v) is 3.71. The zero-order valence-electron chi connectivity index (χ0n) is 5.53. The summed E-state index contributed by atoms with van der Waals surface area (Å²) in [6, 6.07) is 0. The molecule has 0 aromatic heterocycles. The van der Waals surface area contributed by atoms with Crippen molar-refractivity contribution >= 4 is 0 Å². The molecule has 0 aliphatic carbocycles. The van der Waals surface area contributed by atoms with E-state index in [0.29, 0.717) is 12.2 Å². The molecule has 1 radical (unpaired) electrons. The van der Waals surface area contributed by atoms with Crippen molar-refractivity contribution in [3.63, 3.8) is 0 Å². The van der Waals surface area contributed by atoms with Crippen molar-refractivity contribution in [2.45, 2.75) is 37.6 Å². The van der Waals surface area contributed by atoms with Gasteiger partial charge in [0.15, 0.2) is 12.6 Å². The molecule has 0 amide bonds. The minimum Gasteiger partial charge on any atom is -0.349 e. The number of hydrogen-bond donors (Lipinski definition) is 0. The molecule has 4 atom stereocenters. The molecule has 0 aromatic carbocycles. The molecule has 0 N–H and O–H groups in total. The molecule has 4 fully saturated rings. The van der Waals surface area contributed by atoms with Gasteiger partial charge in [0.05, 0.1) is 12.2 Å². The van der Waals surface area contributed by atoms with Crippen molar-refractivity contribution in [3.05, 3.63) is 6.42 Å². The van der Waals surface area contributed by atoms with E-state index < -0.39 is 0 Å². The Morgan fingerprint density at radius 3 is 2.80 bits per heavy atom. The van der Waals surface area contributed by atoms with Crippen LogP contribution in [0.5, 0.6) is 0 Å². The monoisotopic (exact) mass is 141 g/mol. The summed E-state index contributed by atoms with van der Waals surface area (Å²) in [5, 5.41) is 0. The molecule has 3 heteroatoms. The second-order valence-electron chi connectivity index (χ2n) is 3.03. The van der Waals surface area contributed by atoms with Crippen LogP contribution in [-0.2, 0) is 14.2 Å². The Labute approximate surface area is 59.3 Å². The highest BCUT2D eigenvalue weighted by Gasteiger charge is 2.45. The third kappa shape index (κ3) is 0.654. The van der Waals surface area contributed by atoms with Crippen LogP contribution in [0.25, 0.3) is 0 Å². The third-order valence-corrected chi connectivity index (χ3v) is 2.26. The van der Waals surface area contributed by atoms with E-state index in [4.69, 9.17) is 14.2 Å². The van der Waals surface area contributed by atoms with Gasteiger partial charge < -0.3 is 14.2 Å². The summed E-state index contributed by atoms with van der Waals surface area (Å²) in [7, 11) is 0. The lowest BCUT2D eigenvalue weighted by Gasteiger charge is -2.48. The van der Waals surface area contributed by atoms with E-state index in [9.17, 15) is 0 Å². The maximum Gasteiger partial charge on any atom is 0.166 e. The zero-order chi connectivity index (χ0) is 6.55. The van der Waals surface area contributed by atoms with Crippen LogP contribution in [0.2, 0.25) is 0 Å². The number of hydrogen-bond acceptors (Lipinski definition) is 3. The van der Waals surface area contributed by atoms with Crippen LogP contribution in [0, 0.1) is 6.42 Å². The maximum atomic E-state index is 5.47. The fourth-order valence-electron chi connectivity index (χ4n) is 1.84. The second-order valence-corrected chi connectivity index (χ2v) is 3.03. The van der Waals surface area contributed by atoms with Crippen molar-refractivity contribution in [2.24, 2.45) is 0 Å². The average molecular weight is 141 g/mol. The van der Waals surface area contributed by atoms with E-state index >= 15 is 0 Å². The van der Waals surface area contributed by atoms with Crippen LogP contribution in [0.4, 0.5) is 0 Å². The Hall–Kier alpha value is -0.120. The molecule has 4 saturated heterocycles. The van der Waals surface area contributed by atoms with Gasteiger partial charge in [0.2, 0.25) is 0 Å². The van der Waals surface area contributed by atoms with Crippen LogP contribution >= 0.6 is 0 Å². The van der Waals surface area contributed by atoms with Gasteiger partial charge in [0.25, 0.3) is 0 Å². The first-order valence-electron chi connectivity index (χ1n) is 3.71. The van der Waals surface area contributed by atoms with E-state index in [1.54, 1.807) is 0 Å². The zero-order valence-corrected chi connectivity index (χ0v) is 5.53. The van der Waals surface area contributed by atoms with Gasteiger partial charge in [-0.15, -0.1) is 0 Å². The molecular formula is C7H9O3. The molecule has 0 aromatic rings. The summed E-state index contributed by atoms with van der Waals surface area (Å²) in [4.78, 5) is 0. The van der Waals surface area contributed by atoms with Gasteiger partial charge >= 0.3 is 0 Å². The molecule has 3 nitrogen and oxygen atoms in total. The van der Waals surface area contributed by atoms with E-state index in [0.717, 1.165) is 12.8 Å². The summed E-state index contributed by atoms with van der Waals surface area (Å²) >= 11 is 0. The summed E-state index contributed by atoms with van der Waals surface area (Å²) in [6.45, 7) is 0. The van der Waals surface area contributed by atoms with Gasteiger partial charge in [0, 0.05) is 19.3 Å². The fourth-order valence-corrected chi connectivity index (χ4v) is 1.84. The lowest BCUT2D eigenvalue weighted by molar-refractivity contribution is -0.365. The molecule has 4 aliphatic rings. The first kappa shape index (κ1) is 5.52. The molecular weight excluding hydrogens is 132 g/mol. The predicted molar refractivity (Wildman–Crippen MR) is 31.9 cm³/mol. The summed E-state index contributed by atoms with van der Waals surface area (Å²) in [5.74, 6) is 0. The van der Waals surface area contributed by atoms with E-state index in [-0.39, 0.29) is 12.6 Å². The lowest BCUT2D eigenvalue weighted by atomic mass is 9.97. The van der Waals surface area contributed by atoms with Gasteiger partial charge in [-0.1, -0.05) is 0 Å². The summed E-state index contributed by atoms with van der Waals surface area (Å²) < 4.78 is 16.3. The fraction of sp³-hybridized carbons (Fsp3) is 0.857. The second kappa shape index (κ2) is 1.72. The third-order valence-electron chi connectivity index (χ3n) is 2.26. The van der Waals surface area contributed by atoms with Gasteiger partial charge in [0.1, 0.15) is 0 Å². The predicted octanol–water partition coefficient (Wildman–Crippen LogP) is 0.451. The Morgan fingerprint density at radius 2 is 2.10 bits per heavy atom. The molecule has 4 heterocycles. The lowest BCUT2D eigenvalue weighted by Crippen LogP contribution is -2.54. The van der Waals surface area contributed by atoms with E-state index in [2.05, 4.69) is 0 Å². The van der Waals surface area contributed by atoms with E-state index in [1.165, 1.54) is 0 Å². The Kier molecular flexibility index (Phi) is 0.952. The SMILES string of the molecule is [CH]1C2CC3CC(O2)OC1O3. The van der Waals surface area contributed by atoms with Crippen LogP contribution in [0.1, 0.15) is 12.8 Å². The van der Waals surface area contributed by atoms with Crippen LogP contribution in [-0.4, -0.2) is 24.8 Å². The van der Waals surface area contributed by atoms with Gasteiger partial charge in [-0.05, 0) is 0 Å². The quantitative estimate of drug-likeness (QED) is 0.490. The molecule has 4 rings (SSSR count). The van der Waals surface area contributed by atoms with Gasteiger partial charge in [-0.25, -0.2) is 0 Å². The smallest absolute Gasteiger partial charge is 0.166 e. The molecule has 4 unspecified atom stereocenters. The van der Waals surface area contributed by atoms with Crippen molar-refractivity contribution < 1.29 is 14.2 Å². The minimum atomic E-state index is -0.0729. The highest BCUT2D eigenvalue weighted by molar-refractivity contribution is 4.96. The highest BCUT2D eigenvalue weighted by atomic mass is 16.8. The molecule has 10 heavy (non-hydrogen) atoms. The first-order chi connectivity index (χ1) is 4.90. The number of rotatable bonds is 0. The van der Waals surface area contributed by atoms with Gasteiger partial charge in [-0.2, -0.15) is 0 Å². The van der Waals surface area contributed by atoms with Crippen LogP contribution in [0.15, 0.2) is 0 Å². The molecule has 55 valence electrons. The molecule has 0 spiro atoms. The number of ether oxygens (including phenoxy) is 3. The largest absolute Gasteiger partial charge is 0.349 e. The van der Waals surface area contributed by atoms with Crippen LogP contribution in [0.3, 0.4) is 0 Å². The maximum absolute atomic E-state index is 5.47. The Morgan fingerprint density at radius 1 is 1.10 bits per heavy atom. The van der Waals surface area contributed by atoms with Crippen molar-refractivity contribution in [1.82, 2.24) is 0 Å². The van der Waals surface area contributed by atoms with Crippen LogP contribution < -0.4 is 0 Å². The van der Waals surface area contributed by atoms with Gasteiger partial charge in [-0.3, -0.25) is 0 Å². The standard InChI is InChI=1S/C7H9O3/c1-4-2-6-9-5(1)3-7(8-4)10-6/h2,4-7H,1,3H2. The average Bonchev–Trinajstić information content (AvgIpc) is 1.82. The van der Waals surface area contributed by atoms with Crippen molar-refractivity contribution in [1.29, 1.82) is 0 Å². The highest BCUT2D eigenvalue weighted by Crippen LogP contribution is 2.37. The topological polar surface area (TPSA) is 27.7 Å². The summed E-state index contributed by atoms with van der Waals surface area (Å²) in [5.41, 5.74) is 0. The minimum absolute atomic E-state index is 0.0208.